The first-order chi connectivity index (χ1) is 9.06. The average molecular weight is 300 g/mol. The van der Waals surface area contributed by atoms with Crippen molar-refractivity contribution in [2.24, 2.45) is 0 Å². The van der Waals surface area contributed by atoms with Gasteiger partial charge in [0, 0.05) is 26.4 Å². The van der Waals surface area contributed by atoms with Gasteiger partial charge in [0.05, 0.1) is 5.56 Å². The Hall–Kier alpha value is -1.37. The molecule has 0 bridgehead atoms. The van der Waals surface area contributed by atoms with Gasteiger partial charge in [0.2, 0.25) is 0 Å². The van der Waals surface area contributed by atoms with E-state index < -0.39 is 29.1 Å². The SMILES string of the molecule is OC(c1cc2sccc2s1)c1c(F)cc(F)cc1F. The van der Waals surface area contributed by atoms with Crippen LogP contribution in [0.1, 0.15) is 16.5 Å². The summed E-state index contributed by atoms with van der Waals surface area (Å²) in [4.78, 5) is 0.436. The summed E-state index contributed by atoms with van der Waals surface area (Å²) in [6, 6.07) is 4.70. The van der Waals surface area contributed by atoms with Crippen LogP contribution < -0.4 is 0 Å². The number of hydrogen-bond acceptors (Lipinski definition) is 3. The molecule has 0 aliphatic heterocycles. The van der Waals surface area contributed by atoms with E-state index in [0.717, 1.165) is 9.40 Å². The second kappa shape index (κ2) is 4.63. The summed E-state index contributed by atoms with van der Waals surface area (Å²) in [7, 11) is 0. The van der Waals surface area contributed by atoms with Gasteiger partial charge in [0.25, 0.3) is 0 Å². The van der Waals surface area contributed by atoms with Crippen molar-refractivity contribution in [2.45, 2.75) is 6.10 Å². The summed E-state index contributed by atoms with van der Waals surface area (Å²) >= 11 is 2.75. The van der Waals surface area contributed by atoms with Crippen molar-refractivity contribution >= 4 is 32.1 Å². The van der Waals surface area contributed by atoms with Gasteiger partial charge in [-0.1, -0.05) is 0 Å². The first-order valence-corrected chi connectivity index (χ1v) is 7.05. The maximum absolute atomic E-state index is 13.6. The van der Waals surface area contributed by atoms with Crippen LogP contribution in [0.2, 0.25) is 0 Å². The fraction of sp³-hybridized carbons (Fsp3) is 0.0769. The van der Waals surface area contributed by atoms with Gasteiger partial charge in [-0.25, -0.2) is 13.2 Å². The zero-order valence-electron chi connectivity index (χ0n) is 9.36. The Balaban J connectivity index is 2.09. The normalized spacial score (nSPS) is 13.1. The molecule has 1 atom stereocenters. The van der Waals surface area contributed by atoms with Gasteiger partial charge in [0.1, 0.15) is 23.6 Å². The van der Waals surface area contributed by atoms with E-state index >= 15 is 0 Å². The Morgan fingerprint density at radius 2 is 1.68 bits per heavy atom. The van der Waals surface area contributed by atoms with Crippen molar-refractivity contribution < 1.29 is 18.3 Å². The van der Waals surface area contributed by atoms with Crippen LogP contribution in [0.25, 0.3) is 9.40 Å². The molecule has 0 aliphatic carbocycles. The molecule has 2 heterocycles. The molecule has 19 heavy (non-hydrogen) atoms. The van der Waals surface area contributed by atoms with Crippen LogP contribution in [0.5, 0.6) is 0 Å². The summed E-state index contributed by atoms with van der Waals surface area (Å²) in [5.74, 6) is -3.17. The molecule has 98 valence electrons. The van der Waals surface area contributed by atoms with E-state index in [1.54, 1.807) is 6.07 Å². The van der Waals surface area contributed by atoms with E-state index in [1.165, 1.54) is 22.7 Å². The predicted octanol–water partition coefficient (Wildman–Crippen LogP) is 4.46. The summed E-state index contributed by atoms with van der Waals surface area (Å²) < 4.78 is 41.9. The lowest BCUT2D eigenvalue weighted by molar-refractivity contribution is 0.212. The van der Waals surface area contributed by atoms with Crippen LogP contribution in [0.3, 0.4) is 0 Å². The van der Waals surface area contributed by atoms with Gasteiger partial charge >= 0.3 is 0 Å². The molecule has 3 aromatic rings. The largest absolute Gasteiger partial charge is 0.383 e. The van der Waals surface area contributed by atoms with E-state index in [2.05, 4.69) is 0 Å². The van der Waals surface area contributed by atoms with Gasteiger partial charge < -0.3 is 5.11 Å². The number of aliphatic hydroxyl groups excluding tert-OH is 1. The van der Waals surface area contributed by atoms with Gasteiger partial charge in [-0.15, -0.1) is 22.7 Å². The minimum absolute atomic E-state index is 0.436. The van der Waals surface area contributed by atoms with Gasteiger partial charge in [-0.05, 0) is 17.5 Å². The molecule has 0 amide bonds. The molecule has 1 N–H and O–H groups in total. The van der Waals surface area contributed by atoms with Crippen LogP contribution in [0.4, 0.5) is 13.2 Å². The van der Waals surface area contributed by atoms with E-state index in [0.29, 0.717) is 17.0 Å². The quantitative estimate of drug-likeness (QED) is 0.740. The third kappa shape index (κ3) is 2.16. The zero-order chi connectivity index (χ0) is 13.6. The molecule has 0 spiro atoms. The monoisotopic (exact) mass is 300 g/mol. The van der Waals surface area contributed by atoms with Gasteiger partial charge in [-0.2, -0.15) is 0 Å². The Bertz CT molecular complexity index is 696. The minimum Gasteiger partial charge on any atom is -0.383 e. The van der Waals surface area contributed by atoms with Crippen LogP contribution >= 0.6 is 22.7 Å². The second-order valence-corrected chi connectivity index (χ2v) is 6.05. The molecule has 0 radical (unpaired) electrons. The van der Waals surface area contributed by atoms with Crippen molar-refractivity contribution in [3.8, 4) is 0 Å². The Morgan fingerprint density at radius 3 is 2.32 bits per heavy atom. The molecule has 2 aromatic heterocycles. The molecule has 0 saturated carbocycles. The molecule has 3 rings (SSSR count). The molecular formula is C13H7F3OS2. The Morgan fingerprint density at radius 1 is 1.00 bits per heavy atom. The Kier molecular flexibility index (Phi) is 3.08. The lowest BCUT2D eigenvalue weighted by atomic mass is 10.1. The fourth-order valence-electron chi connectivity index (χ4n) is 1.88. The number of fused-ring (bicyclic) bond motifs is 1. The lowest BCUT2D eigenvalue weighted by Gasteiger charge is -2.11. The standard InChI is InChI=1S/C13H7F3OS2/c14-6-3-7(15)12(8(16)4-6)13(17)11-5-10-9(19-11)1-2-18-10/h1-5,13,17H. The first-order valence-electron chi connectivity index (χ1n) is 5.35. The fourth-order valence-corrected chi connectivity index (χ4v) is 3.99. The summed E-state index contributed by atoms with van der Waals surface area (Å²) in [6.45, 7) is 0. The molecule has 0 aliphatic rings. The van der Waals surface area contributed by atoms with Crippen LogP contribution in [-0.4, -0.2) is 5.11 Å². The van der Waals surface area contributed by atoms with Crippen LogP contribution in [0, 0.1) is 17.5 Å². The van der Waals surface area contributed by atoms with Gasteiger partial charge in [-0.3, -0.25) is 0 Å². The molecular weight excluding hydrogens is 293 g/mol. The number of halogens is 3. The second-order valence-electron chi connectivity index (χ2n) is 3.98. The van der Waals surface area contributed by atoms with Crippen molar-refractivity contribution in [3.05, 3.63) is 57.5 Å². The van der Waals surface area contributed by atoms with E-state index in [4.69, 9.17) is 0 Å². The number of benzene rings is 1. The third-order valence-electron chi connectivity index (χ3n) is 2.75. The molecule has 1 nitrogen and oxygen atoms in total. The lowest BCUT2D eigenvalue weighted by Crippen LogP contribution is -2.05. The van der Waals surface area contributed by atoms with E-state index in [9.17, 15) is 18.3 Å². The van der Waals surface area contributed by atoms with Crippen LogP contribution in [-0.2, 0) is 0 Å². The number of hydrogen-bond donors (Lipinski definition) is 1. The van der Waals surface area contributed by atoms with Crippen molar-refractivity contribution in [1.29, 1.82) is 0 Å². The van der Waals surface area contributed by atoms with Crippen molar-refractivity contribution in [1.82, 2.24) is 0 Å². The highest BCUT2D eigenvalue weighted by Crippen LogP contribution is 2.37. The first kappa shape index (κ1) is 12.7. The molecule has 1 aromatic carbocycles. The number of thiophene rings is 2. The van der Waals surface area contributed by atoms with Crippen molar-refractivity contribution in [3.63, 3.8) is 0 Å². The molecule has 1 unspecified atom stereocenters. The summed E-state index contributed by atoms with van der Waals surface area (Å²) in [5, 5.41) is 12.0. The highest BCUT2D eigenvalue weighted by molar-refractivity contribution is 7.26. The minimum atomic E-state index is -1.43. The molecule has 0 saturated heterocycles. The predicted molar refractivity (Wildman–Crippen MR) is 70.1 cm³/mol. The number of rotatable bonds is 2. The van der Waals surface area contributed by atoms with Gasteiger partial charge in [0.15, 0.2) is 0 Å². The summed E-state index contributed by atoms with van der Waals surface area (Å²) in [5.41, 5.74) is -0.518. The smallest absolute Gasteiger partial charge is 0.135 e. The Labute approximate surface area is 114 Å². The number of aliphatic hydroxyl groups is 1. The molecule has 0 fully saturated rings. The zero-order valence-corrected chi connectivity index (χ0v) is 11.0. The highest BCUT2D eigenvalue weighted by Gasteiger charge is 2.22. The van der Waals surface area contributed by atoms with E-state index in [1.807, 2.05) is 11.4 Å². The highest BCUT2D eigenvalue weighted by atomic mass is 32.1. The third-order valence-corrected chi connectivity index (χ3v) is 4.89. The topological polar surface area (TPSA) is 20.2 Å². The van der Waals surface area contributed by atoms with Crippen LogP contribution in [0.15, 0.2) is 29.6 Å². The maximum Gasteiger partial charge on any atom is 0.135 e. The maximum atomic E-state index is 13.6. The molecule has 6 heteroatoms. The average Bonchev–Trinajstić information content (AvgIpc) is 2.86. The van der Waals surface area contributed by atoms with Crippen molar-refractivity contribution in [2.75, 3.05) is 0 Å². The summed E-state index contributed by atoms with van der Waals surface area (Å²) in [6.07, 6.45) is -1.43. The van der Waals surface area contributed by atoms with E-state index in [-0.39, 0.29) is 0 Å².